The van der Waals surface area contributed by atoms with E-state index in [1.807, 2.05) is 0 Å². The zero-order chi connectivity index (χ0) is 21.8. The van der Waals surface area contributed by atoms with E-state index in [0.717, 1.165) is 11.5 Å². The molecule has 5 aromatic rings. The predicted molar refractivity (Wildman–Crippen MR) is 141 cm³/mol. The van der Waals surface area contributed by atoms with E-state index in [1.165, 1.54) is 37.1 Å². The Morgan fingerprint density at radius 1 is 0.455 bits per heavy atom. The minimum absolute atomic E-state index is 0.186. The zero-order valence-electron chi connectivity index (χ0n) is 18.1. The first-order valence-corrected chi connectivity index (χ1v) is 13.5. The van der Waals surface area contributed by atoms with Gasteiger partial charge in [0.05, 0.1) is 0 Å². The van der Waals surface area contributed by atoms with Gasteiger partial charge in [-0.2, -0.15) is 20.7 Å². The average molecular weight is 436 g/mol. The van der Waals surface area contributed by atoms with Gasteiger partial charge in [0.1, 0.15) is 11.5 Å². The Morgan fingerprint density at radius 2 is 1.00 bits per heavy atom. The molecule has 5 aromatic carbocycles. The molecule has 2 aliphatic heterocycles. The van der Waals surface area contributed by atoms with Crippen molar-refractivity contribution in [2.75, 3.05) is 0 Å². The van der Waals surface area contributed by atoms with Gasteiger partial charge in [0.15, 0.2) is 0 Å². The largest absolute Gasteiger partial charge is 0.459 e. The van der Waals surface area contributed by atoms with Gasteiger partial charge in [-0.05, 0) is 25.7 Å². The van der Waals surface area contributed by atoms with Gasteiger partial charge < -0.3 is 4.74 Å². The Hall–Kier alpha value is -3.82. The molecular formula is C30H21BOSi-. The molecule has 0 N–H and O–H groups in total. The second kappa shape index (κ2) is 7.09. The van der Waals surface area contributed by atoms with Crippen molar-refractivity contribution >= 4 is 51.9 Å². The van der Waals surface area contributed by atoms with Crippen LogP contribution in [0.1, 0.15) is 0 Å². The van der Waals surface area contributed by atoms with Gasteiger partial charge in [-0.25, -0.2) is 0 Å². The minimum Gasteiger partial charge on any atom is -0.459 e. The Balaban J connectivity index is 1.68. The maximum absolute atomic E-state index is 6.53. The normalized spacial score (nSPS) is 14.5. The number of ether oxygens (including phenoxy) is 1. The topological polar surface area (TPSA) is 9.23 Å². The molecule has 0 saturated heterocycles. The molecule has 0 unspecified atom stereocenters. The molecule has 0 saturated carbocycles. The minimum atomic E-state index is -2.53. The summed E-state index contributed by atoms with van der Waals surface area (Å²) >= 11 is 0. The van der Waals surface area contributed by atoms with Crippen LogP contribution in [0, 0.1) is 0 Å². The van der Waals surface area contributed by atoms with Gasteiger partial charge in [0, 0.05) is 0 Å². The van der Waals surface area contributed by atoms with Crippen molar-refractivity contribution in [1.82, 2.24) is 0 Å². The van der Waals surface area contributed by atoms with E-state index in [4.69, 9.17) is 4.74 Å². The highest BCUT2D eigenvalue weighted by atomic mass is 28.3. The summed E-state index contributed by atoms with van der Waals surface area (Å²) in [6.07, 6.45) is 0. The summed E-state index contributed by atoms with van der Waals surface area (Å²) in [5.74, 6) is 1.96. The molecule has 0 aromatic heterocycles. The third kappa shape index (κ3) is 2.48. The Kier molecular flexibility index (Phi) is 4.02. The molecule has 3 heteroatoms. The van der Waals surface area contributed by atoms with Crippen LogP contribution in [0.5, 0.6) is 11.5 Å². The highest BCUT2D eigenvalue weighted by molar-refractivity contribution is 7.26. The summed E-state index contributed by atoms with van der Waals surface area (Å²) in [5, 5.41) is 5.74. The number of fused-ring (bicyclic) bond motifs is 4. The van der Waals surface area contributed by atoms with E-state index in [2.05, 4.69) is 127 Å². The van der Waals surface area contributed by atoms with Crippen LogP contribution in [0.3, 0.4) is 0 Å². The molecule has 33 heavy (non-hydrogen) atoms. The summed E-state index contributed by atoms with van der Waals surface area (Å²) in [5.41, 5.74) is 4.01. The second-order valence-electron chi connectivity index (χ2n) is 8.86. The van der Waals surface area contributed by atoms with Crippen LogP contribution in [0.4, 0.5) is 0 Å². The third-order valence-corrected chi connectivity index (χ3v) is 12.2. The van der Waals surface area contributed by atoms with E-state index in [0.29, 0.717) is 0 Å². The van der Waals surface area contributed by atoms with Crippen LogP contribution in [0.2, 0.25) is 0 Å². The van der Waals surface area contributed by atoms with Crippen molar-refractivity contribution in [3.8, 4) is 11.5 Å². The molecule has 0 amide bonds. The van der Waals surface area contributed by atoms with Gasteiger partial charge in [-0.3, -0.25) is 0 Å². The van der Waals surface area contributed by atoms with Crippen LogP contribution >= 0.6 is 0 Å². The molecule has 155 valence electrons. The van der Waals surface area contributed by atoms with Gasteiger partial charge in [-0.1, -0.05) is 126 Å². The van der Waals surface area contributed by atoms with Gasteiger partial charge in [0.25, 0.3) is 0 Å². The number of rotatable bonds is 2. The molecule has 0 atom stereocenters. The number of benzene rings is 5. The second-order valence-corrected chi connectivity index (χ2v) is 12.6. The Labute approximate surface area is 195 Å². The molecule has 0 bridgehead atoms. The quantitative estimate of drug-likeness (QED) is 0.377. The molecule has 0 spiro atoms. The smallest absolute Gasteiger partial charge is 0.244 e. The molecule has 1 nitrogen and oxygen atoms in total. The van der Waals surface area contributed by atoms with Crippen molar-refractivity contribution in [2.45, 2.75) is 0 Å². The fourth-order valence-corrected chi connectivity index (χ4v) is 11.3. The first-order chi connectivity index (χ1) is 16.4. The lowest BCUT2D eigenvalue weighted by Crippen LogP contribution is -2.87. The number of para-hydroxylation sites is 1. The van der Waals surface area contributed by atoms with E-state index in [1.54, 1.807) is 0 Å². The summed E-state index contributed by atoms with van der Waals surface area (Å²) in [4.78, 5) is 0. The van der Waals surface area contributed by atoms with Crippen LogP contribution in [0.25, 0.3) is 0 Å². The van der Waals surface area contributed by atoms with E-state index < -0.39 is 8.07 Å². The summed E-state index contributed by atoms with van der Waals surface area (Å²) < 4.78 is 6.53. The molecule has 2 heterocycles. The van der Waals surface area contributed by atoms with E-state index in [9.17, 15) is 0 Å². The molecule has 7 rings (SSSR count). The molecular weight excluding hydrogens is 415 g/mol. The third-order valence-electron chi connectivity index (χ3n) is 7.30. The van der Waals surface area contributed by atoms with Crippen molar-refractivity contribution in [3.63, 3.8) is 0 Å². The summed E-state index contributed by atoms with van der Waals surface area (Å²) in [7, 11) is -2.53. The fourth-order valence-electron chi connectivity index (χ4n) is 6.07. The van der Waals surface area contributed by atoms with Crippen LogP contribution in [-0.2, 0) is 0 Å². The number of hydrogen-bond acceptors (Lipinski definition) is 1. The lowest BCUT2D eigenvalue weighted by Gasteiger charge is -2.54. The van der Waals surface area contributed by atoms with Crippen molar-refractivity contribution in [1.29, 1.82) is 0 Å². The SMILES string of the molecule is c1ccc([Si-]2(c3ccccc3)c3ccccc3B3c4ccccc4Oc4cccc2c43)cc1. The van der Waals surface area contributed by atoms with Crippen molar-refractivity contribution < 1.29 is 4.74 Å². The van der Waals surface area contributed by atoms with Crippen LogP contribution in [-0.4, -0.2) is 14.8 Å². The van der Waals surface area contributed by atoms with E-state index >= 15 is 0 Å². The highest BCUT2D eigenvalue weighted by Crippen LogP contribution is 2.26. The first kappa shape index (κ1) is 18.7. The van der Waals surface area contributed by atoms with Crippen LogP contribution in [0.15, 0.2) is 127 Å². The standard InChI is InChI=1S/C30H21BOSi/c1-3-12-22(13-4-1)33(23-14-5-2-6-15-23)28-20-10-8-17-25(28)31-24-16-7-9-18-26(24)32-27-19-11-21-29(33)30(27)31/h1-21H/q-1. The van der Waals surface area contributed by atoms with Crippen LogP contribution < -0.4 is 41.9 Å². The lowest BCUT2D eigenvalue weighted by molar-refractivity contribution is 0.488. The Morgan fingerprint density at radius 3 is 1.73 bits per heavy atom. The molecule has 0 aliphatic carbocycles. The monoisotopic (exact) mass is 436 g/mol. The van der Waals surface area contributed by atoms with Crippen molar-refractivity contribution in [2.24, 2.45) is 0 Å². The molecule has 0 fully saturated rings. The Bertz CT molecular complexity index is 1460. The summed E-state index contributed by atoms with van der Waals surface area (Å²) in [6, 6.07) is 46.6. The summed E-state index contributed by atoms with van der Waals surface area (Å²) in [6.45, 7) is 0.186. The first-order valence-electron chi connectivity index (χ1n) is 11.5. The van der Waals surface area contributed by atoms with E-state index in [-0.39, 0.29) is 6.71 Å². The maximum Gasteiger partial charge on any atom is 0.244 e. The molecule has 0 radical (unpaired) electrons. The maximum atomic E-state index is 6.53. The van der Waals surface area contributed by atoms with Gasteiger partial charge in [-0.15, -0.1) is 0 Å². The fraction of sp³-hybridized carbons (Fsp3) is 0. The van der Waals surface area contributed by atoms with Gasteiger partial charge >= 0.3 is 0 Å². The van der Waals surface area contributed by atoms with Gasteiger partial charge in [0.2, 0.25) is 6.71 Å². The lowest BCUT2D eigenvalue weighted by atomic mass is 9.35. The molecule has 2 aliphatic rings. The van der Waals surface area contributed by atoms with Crippen molar-refractivity contribution in [3.05, 3.63) is 127 Å². The predicted octanol–water partition coefficient (Wildman–Crippen LogP) is 2.00. The zero-order valence-corrected chi connectivity index (χ0v) is 19.1. The number of hydrogen-bond donors (Lipinski definition) is 0. The highest BCUT2D eigenvalue weighted by Gasteiger charge is 2.43. The average Bonchev–Trinajstić information content (AvgIpc) is 2.90.